The molecule has 6 radical (unpaired) electrons. The molecule has 0 saturated heterocycles. The third kappa shape index (κ3) is 122. The third-order valence-corrected chi connectivity index (χ3v) is 8.29. The van der Waals surface area contributed by atoms with E-state index in [-0.39, 0.29) is 228 Å². The van der Waals surface area contributed by atoms with E-state index in [4.69, 9.17) is 121 Å². The quantitative estimate of drug-likeness (QED) is 0.0357. The van der Waals surface area contributed by atoms with Crippen molar-refractivity contribution in [1.82, 2.24) is 0 Å². The fourth-order valence-corrected chi connectivity index (χ4v) is 3.72. The number of aromatic carboxylic acids is 1. The number of aliphatic hydroxyl groups is 14. The molecule has 1 aromatic carbocycles. The van der Waals surface area contributed by atoms with E-state index in [1.807, 2.05) is 0 Å². The zero-order chi connectivity index (χ0) is 81.1. The van der Waals surface area contributed by atoms with E-state index in [1.165, 1.54) is 24.3 Å². The number of carboxylic acids is 18. The summed E-state index contributed by atoms with van der Waals surface area (Å²) < 4.78 is 0. The normalized spacial score (nSPS) is 14.0. The van der Waals surface area contributed by atoms with Crippen molar-refractivity contribution in [1.29, 1.82) is 0 Å². The number of hydrogen-bond acceptors (Lipinski definition) is 50. The number of aliphatic carboxylic acids is 17. The van der Waals surface area contributed by atoms with Crippen LogP contribution in [0, 0.1) is 0 Å². The fraction of sp³-hybridized carbons (Fsp3) is 0.538. The van der Waals surface area contributed by atoms with Gasteiger partial charge in [-0.3, -0.25) is 0 Å². The molecule has 15 N–H and O–H groups in total. The van der Waals surface area contributed by atoms with Gasteiger partial charge in [0.2, 0.25) is 0 Å². The molecule has 7 unspecified atom stereocenters. The molecule has 0 aliphatic heterocycles. The van der Waals surface area contributed by atoms with Gasteiger partial charge in [-0.1, -0.05) is 53.7 Å². The summed E-state index contributed by atoms with van der Waals surface area (Å²) in [5.74, 6) is -32.1. The van der Waals surface area contributed by atoms with Gasteiger partial charge in [-0.15, -0.1) is 0 Å². The van der Waals surface area contributed by atoms with Gasteiger partial charge in [0, 0.05) is 75.2 Å². The molecule has 0 aromatic heterocycles. The molecule has 9 atom stereocenters. The van der Waals surface area contributed by atoms with E-state index >= 15 is 0 Å². The first-order valence-corrected chi connectivity index (χ1v) is 24.7. The minimum Gasteiger partial charge on any atom is -0.872 e. The van der Waals surface area contributed by atoms with Crippen LogP contribution in [0.5, 0.6) is 5.75 Å². The monoisotopic (exact) mass is 2020 g/mol. The smallest absolute Gasteiger partial charge is 0.872 e. The second-order valence-corrected chi connectivity index (χ2v) is 16.5. The van der Waals surface area contributed by atoms with E-state index in [2.05, 4.69) is 0 Å². The molecule has 0 heterocycles. The molecule has 1 aliphatic carbocycles. The number of aliphatic hydroxyl groups excluding tert-OH is 13. The summed E-state index contributed by atoms with van der Waals surface area (Å²) in [5.41, 5.74) is -2.43. The van der Waals surface area contributed by atoms with Crippen LogP contribution >= 0.6 is 0 Å². The van der Waals surface area contributed by atoms with Crippen LogP contribution in [-0.2, 0) is 235 Å². The van der Waals surface area contributed by atoms with Crippen LogP contribution in [0.4, 0.5) is 0 Å². The maximum Gasteiger partial charge on any atom is 3.00 e. The number of carbonyl (C=O) groups excluding carboxylic acids is 17. The third-order valence-electron chi connectivity index (χ3n) is 8.29. The van der Waals surface area contributed by atoms with Gasteiger partial charge in [0.1, 0.15) is 36.1 Å². The molecule has 0 spiro atoms. The molecule has 0 amide bonds. The predicted octanol–water partition coefficient (Wildman–Crippen LogP) is -31.6. The molecule has 0 bridgehead atoms. The number of carboxylic acid groups (broad SMARTS) is 18. The Labute approximate surface area is 727 Å². The molecule has 1 saturated carbocycles. The Morgan fingerprint density at radius 3 is 0.768 bits per heavy atom. The first-order valence-electron chi connectivity index (χ1n) is 24.7. The summed E-state index contributed by atoms with van der Waals surface area (Å²) in [5, 5.41) is 297. The van der Waals surface area contributed by atoms with Gasteiger partial charge in [0.15, 0.2) is 0 Å². The van der Waals surface area contributed by atoms with Crippen LogP contribution in [0.2, 0.25) is 0 Å². The van der Waals surface area contributed by atoms with Crippen molar-refractivity contribution in [3.63, 3.8) is 0 Å². The number of hydrogen-bond donors (Lipinski definition) is 15. The van der Waals surface area contributed by atoms with Gasteiger partial charge < -0.3 is 250 Å². The van der Waals surface area contributed by atoms with Crippen LogP contribution in [0.1, 0.15) is 105 Å². The Kier molecular flexibility index (Phi) is 152. The van der Waals surface area contributed by atoms with Crippen molar-refractivity contribution in [2.75, 3.05) is 19.8 Å². The minimum absolute atomic E-state index is 0. The van der Waals surface area contributed by atoms with E-state index in [0.717, 1.165) is 0 Å². The first-order chi connectivity index (χ1) is 44.8. The first kappa shape index (κ1) is 169. The van der Waals surface area contributed by atoms with Gasteiger partial charge in [0.05, 0.1) is 114 Å². The predicted molar refractivity (Wildman–Crippen MR) is 278 cm³/mol. The van der Waals surface area contributed by atoms with Crippen molar-refractivity contribution in [3.8, 4) is 5.75 Å². The number of benzene rings is 1. The zero-order valence-electron chi connectivity index (χ0n) is 52.7. The summed E-state index contributed by atoms with van der Waals surface area (Å²) in [7, 11) is 0. The molecule has 112 heavy (non-hydrogen) atoms. The van der Waals surface area contributed by atoms with Crippen LogP contribution in [-0.4, -0.2) is 271 Å². The average molecular weight is 2020 g/mol. The molecule has 1 fully saturated rings. The van der Waals surface area contributed by atoms with Crippen LogP contribution in [0.25, 0.3) is 0 Å². The van der Waals surface area contributed by atoms with Crippen LogP contribution in [0.3, 0.4) is 0 Å². The van der Waals surface area contributed by atoms with Crippen LogP contribution in [0.15, 0.2) is 24.3 Å². The molecule has 60 heteroatoms. The summed E-state index contributed by atoms with van der Waals surface area (Å²) in [6.07, 6.45) is -21.3. The van der Waals surface area contributed by atoms with Gasteiger partial charge in [-0.05, 0) is 38.7 Å². The van der Waals surface area contributed by atoms with Gasteiger partial charge in [-0.2, -0.15) is 0 Å². The maximum absolute atomic E-state index is 10.7. The molecule has 51 nitrogen and oxygen atoms in total. The van der Waals surface area contributed by atoms with Gasteiger partial charge in [0.25, 0.3) is 0 Å². The molecular weight excluding hydrogens is 1940 g/mol. The second kappa shape index (κ2) is 101. The largest absolute Gasteiger partial charge is 3.00 e. The molecule has 652 valence electrons. The van der Waals surface area contributed by atoms with Crippen molar-refractivity contribution in [2.24, 2.45) is 0 Å². The SMILES string of the molecule is C.C.C.C.CC(O)CCC(=O)[O-].O=C(O)c1ccccc1[O-].O=C([O-])C(=O)[O-].O=C([O-])C(=O)[O-].O=C([O-])C(O)C(O)C(=O)[O-].O=C([O-])C(O)C(O)C(=O)[O-].O=C([O-])C1(O)C[C@@H](O)C(O)[C@H](O)C1.O=C([O-])CC(O)C(=O)[O-].O=C([O-])CC(O)C(=O)[O-].O=C([O-])CCCO.O=C([O-])CCO.O=C([O-])CO.[Fe+2].[Fe+2].[Fe+2].[Fe+3].[Fe+3].[Fe+3].[Fe+3].[Fe+3].[Fe+3]. The second-order valence-electron chi connectivity index (χ2n) is 16.5. The summed E-state index contributed by atoms with van der Waals surface area (Å²) >= 11 is 0. The van der Waals surface area contributed by atoms with Crippen molar-refractivity contribution in [3.05, 3.63) is 29.8 Å². The summed E-state index contributed by atoms with van der Waals surface area (Å²) in [6.45, 7) is 0.249. The van der Waals surface area contributed by atoms with Gasteiger partial charge in [-0.25, -0.2) is 4.79 Å². The van der Waals surface area contributed by atoms with Crippen molar-refractivity contribution < 1.29 is 408 Å². The van der Waals surface area contributed by atoms with Crippen molar-refractivity contribution >= 4 is 107 Å². The summed E-state index contributed by atoms with van der Waals surface area (Å²) in [4.78, 5) is 171. The Morgan fingerprint density at radius 1 is 0.411 bits per heavy atom. The van der Waals surface area contributed by atoms with Crippen molar-refractivity contribution in [2.45, 2.75) is 161 Å². The standard InChI is InChI=1S/C7H12O6.C7H6O3.C5H10O3.2C4H6O6.2C4H6O5.C4H8O3.C3H6O3.2C2H2O4.C2H4O3.4CH4.9Fe/c8-3-1-7(13,6(11)12)2-4(9)5(3)10;8-6-4-2-1-3-5(6)7(9)10;1-4(6)2-3-5(7)8;2*5-1(3(7)8)2(6)4(9)10;2*5-2(4(8)9)1-3(6)7;5-3-1-2-4(6)7;4-2-1-3(5)6;2*3-1(4)2(5)6;3-1-2(4)5;;;;;;;;;;;;;/h3-5,8-10,13H,1-2H2,(H,11,12);1-4,8H,(H,9,10);4,6H,2-3H2,1H3,(H,7,8);2*1-2,5-6H,(H,7,8)(H,9,10);2*2,5H,1H2,(H,6,7)(H,8,9);5H,1-3H2,(H,6,7);4H,1-2H2,(H,5,6);2*(H,3,4)(H,5,6);3H,1H2,(H,4,5);4*1H4;;;;;;;;;/q;;;;;;;;;;;;;;;;3*+2;6*+3/p-18/t3-,4-,5?,7?;;;;;;;;;;;;;;;;;;;;;;;;/m1......................../s1. The molecule has 1 aromatic rings. The van der Waals surface area contributed by atoms with Crippen LogP contribution < -0.4 is 91.9 Å². The van der Waals surface area contributed by atoms with E-state index in [0.29, 0.717) is 6.42 Å². The van der Waals surface area contributed by atoms with E-state index < -0.39 is 212 Å². The number of rotatable bonds is 23. The Bertz CT molecular complexity index is 2550. The number of para-hydroxylation sites is 1. The molecule has 2 rings (SSSR count). The maximum atomic E-state index is 10.7. The Balaban J connectivity index is -0.0000000366. The minimum atomic E-state index is -2.44. The van der Waals surface area contributed by atoms with Gasteiger partial charge >= 0.3 is 160 Å². The Hall–Kier alpha value is -6.40. The van der Waals surface area contributed by atoms with E-state index in [1.54, 1.807) is 6.92 Å². The summed E-state index contributed by atoms with van der Waals surface area (Å²) in [6, 6.07) is 5.54. The Morgan fingerprint density at radius 2 is 0.661 bits per heavy atom. The molecular formula is C52H72Fe9O51+6. The number of carbonyl (C=O) groups is 18. The average Bonchev–Trinajstić information content (AvgIpc) is 0.805. The topological polar surface area (TPSA) is 1030 Å². The molecule has 1 aliphatic rings. The fourth-order valence-electron chi connectivity index (χ4n) is 3.72. The zero-order valence-corrected chi connectivity index (χ0v) is 62.6. The van der Waals surface area contributed by atoms with E-state index in [9.17, 15) is 134 Å².